The van der Waals surface area contributed by atoms with E-state index >= 15 is 0 Å². The van der Waals surface area contributed by atoms with Crippen molar-refractivity contribution in [2.75, 3.05) is 11.9 Å². The minimum absolute atomic E-state index is 0.158. The number of ether oxygens (including phenoxy) is 1. The van der Waals surface area contributed by atoms with Gasteiger partial charge in [-0.2, -0.15) is 5.10 Å². The lowest BCUT2D eigenvalue weighted by Gasteiger charge is -2.08. The molecule has 6 nitrogen and oxygen atoms in total. The molecule has 1 N–H and O–H groups in total. The first-order valence-corrected chi connectivity index (χ1v) is 7.38. The van der Waals surface area contributed by atoms with E-state index in [0.29, 0.717) is 5.69 Å². The quantitative estimate of drug-likeness (QED) is 0.857. The van der Waals surface area contributed by atoms with Crippen molar-refractivity contribution in [3.8, 4) is 0 Å². The molecule has 0 saturated carbocycles. The second-order valence-electron chi connectivity index (χ2n) is 5.48. The van der Waals surface area contributed by atoms with Crippen molar-refractivity contribution in [1.29, 1.82) is 0 Å². The van der Waals surface area contributed by atoms with Crippen LogP contribution in [0.2, 0.25) is 0 Å². The van der Waals surface area contributed by atoms with Gasteiger partial charge in [0.1, 0.15) is 0 Å². The normalized spacial score (nSPS) is 10.4. The first kappa shape index (κ1) is 16.7. The van der Waals surface area contributed by atoms with Gasteiger partial charge in [0.25, 0.3) is 5.91 Å². The second kappa shape index (κ2) is 7.09. The Morgan fingerprint density at radius 2 is 1.91 bits per heavy atom. The molecule has 1 amide bonds. The van der Waals surface area contributed by atoms with Crippen LogP contribution in [0, 0.1) is 20.8 Å². The maximum atomic E-state index is 11.9. The van der Waals surface area contributed by atoms with E-state index < -0.39 is 5.97 Å². The number of carbonyl (C=O) groups excluding carboxylic acids is 2. The minimum atomic E-state index is -0.422. The smallest absolute Gasteiger partial charge is 0.310 e. The van der Waals surface area contributed by atoms with Gasteiger partial charge in [0.15, 0.2) is 6.61 Å². The standard InChI is InChI=1S/C17H21N3O3/c1-11-7-5-6-8-14(11)9-16(22)23-10-15(21)18-17-12(2)19-20(4)13(17)3/h5-8H,9-10H2,1-4H3,(H,18,21). The molecule has 0 unspecified atom stereocenters. The fourth-order valence-corrected chi connectivity index (χ4v) is 2.29. The van der Waals surface area contributed by atoms with Crippen molar-refractivity contribution in [3.63, 3.8) is 0 Å². The summed E-state index contributed by atoms with van der Waals surface area (Å²) in [6.07, 6.45) is 0.158. The number of amides is 1. The zero-order valence-corrected chi connectivity index (χ0v) is 13.8. The average molecular weight is 315 g/mol. The van der Waals surface area contributed by atoms with Gasteiger partial charge >= 0.3 is 5.97 Å². The number of hydrogen-bond donors (Lipinski definition) is 1. The van der Waals surface area contributed by atoms with Gasteiger partial charge in [-0.3, -0.25) is 14.3 Å². The van der Waals surface area contributed by atoms with Gasteiger partial charge in [-0.1, -0.05) is 24.3 Å². The Kier molecular flexibility index (Phi) is 5.16. The third-order valence-electron chi connectivity index (χ3n) is 3.73. The van der Waals surface area contributed by atoms with E-state index in [-0.39, 0.29) is 18.9 Å². The van der Waals surface area contributed by atoms with Crippen molar-refractivity contribution in [2.24, 2.45) is 7.05 Å². The minimum Gasteiger partial charge on any atom is -0.455 e. The molecular formula is C17H21N3O3. The highest BCUT2D eigenvalue weighted by molar-refractivity contribution is 5.93. The van der Waals surface area contributed by atoms with E-state index in [1.807, 2.05) is 45.0 Å². The van der Waals surface area contributed by atoms with Crippen LogP contribution in [0.5, 0.6) is 0 Å². The van der Waals surface area contributed by atoms with Gasteiger partial charge in [0.2, 0.25) is 0 Å². The summed E-state index contributed by atoms with van der Waals surface area (Å²) in [5.41, 5.74) is 4.16. The molecule has 0 fully saturated rings. The Bertz CT molecular complexity index is 735. The predicted molar refractivity (Wildman–Crippen MR) is 87.2 cm³/mol. The molecule has 6 heteroatoms. The van der Waals surface area contributed by atoms with E-state index in [2.05, 4.69) is 10.4 Å². The SMILES string of the molecule is Cc1ccccc1CC(=O)OCC(=O)Nc1c(C)nn(C)c1C. The Morgan fingerprint density at radius 3 is 2.52 bits per heavy atom. The summed E-state index contributed by atoms with van der Waals surface area (Å²) < 4.78 is 6.73. The van der Waals surface area contributed by atoms with Crippen molar-refractivity contribution < 1.29 is 14.3 Å². The maximum Gasteiger partial charge on any atom is 0.310 e. The fourth-order valence-electron chi connectivity index (χ4n) is 2.29. The molecule has 0 atom stereocenters. The number of hydrogen-bond acceptors (Lipinski definition) is 4. The number of nitrogens with one attached hydrogen (secondary N) is 1. The van der Waals surface area contributed by atoms with Gasteiger partial charge < -0.3 is 10.1 Å². The zero-order chi connectivity index (χ0) is 17.0. The predicted octanol–water partition coefficient (Wildman–Crippen LogP) is 2.07. The van der Waals surface area contributed by atoms with E-state index in [9.17, 15) is 9.59 Å². The van der Waals surface area contributed by atoms with Gasteiger partial charge in [-0.15, -0.1) is 0 Å². The highest BCUT2D eigenvalue weighted by Gasteiger charge is 2.14. The molecule has 0 aliphatic heterocycles. The maximum absolute atomic E-state index is 11.9. The van der Waals surface area contributed by atoms with Gasteiger partial charge in [-0.05, 0) is 31.9 Å². The Morgan fingerprint density at radius 1 is 1.22 bits per heavy atom. The number of rotatable bonds is 5. The van der Waals surface area contributed by atoms with Crippen molar-refractivity contribution in [3.05, 3.63) is 46.8 Å². The van der Waals surface area contributed by atoms with Crippen molar-refractivity contribution in [1.82, 2.24) is 9.78 Å². The van der Waals surface area contributed by atoms with Crippen LogP contribution in [0.3, 0.4) is 0 Å². The van der Waals surface area contributed by atoms with Gasteiger partial charge in [0.05, 0.1) is 23.5 Å². The highest BCUT2D eigenvalue weighted by Crippen LogP contribution is 2.18. The number of anilines is 1. The Hall–Kier alpha value is -2.63. The van der Waals surface area contributed by atoms with E-state index in [1.54, 1.807) is 11.7 Å². The lowest BCUT2D eigenvalue weighted by atomic mass is 10.1. The van der Waals surface area contributed by atoms with Crippen LogP contribution in [0.1, 0.15) is 22.5 Å². The number of aromatic nitrogens is 2. The number of carbonyl (C=O) groups is 2. The van der Waals surface area contributed by atoms with Crippen LogP contribution >= 0.6 is 0 Å². The summed E-state index contributed by atoms with van der Waals surface area (Å²) in [7, 11) is 1.81. The van der Waals surface area contributed by atoms with E-state index in [4.69, 9.17) is 4.74 Å². The van der Waals surface area contributed by atoms with Crippen LogP contribution in [0.15, 0.2) is 24.3 Å². The lowest BCUT2D eigenvalue weighted by molar-refractivity contribution is -0.146. The van der Waals surface area contributed by atoms with E-state index in [1.165, 1.54) is 0 Å². The summed E-state index contributed by atoms with van der Waals surface area (Å²) in [5.74, 6) is -0.795. The monoisotopic (exact) mass is 315 g/mol. The zero-order valence-electron chi connectivity index (χ0n) is 13.8. The van der Waals surface area contributed by atoms with Crippen LogP contribution in [0.4, 0.5) is 5.69 Å². The molecule has 0 spiro atoms. The highest BCUT2D eigenvalue weighted by atomic mass is 16.5. The Labute approximate surface area is 135 Å². The molecule has 0 radical (unpaired) electrons. The van der Waals surface area contributed by atoms with Gasteiger partial charge in [-0.25, -0.2) is 0 Å². The third kappa shape index (κ3) is 4.18. The number of nitrogens with zero attached hydrogens (tertiary/aromatic N) is 2. The first-order valence-electron chi connectivity index (χ1n) is 7.38. The number of benzene rings is 1. The molecule has 2 rings (SSSR count). The largest absolute Gasteiger partial charge is 0.455 e. The summed E-state index contributed by atoms with van der Waals surface area (Å²) in [6.45, 7) is 5.30. The first-order chi connectivity index (χ1) is 10.9. The molecule has 0 saturated heterocycles. The molecule has 0 bridgehead atoms. The molecule has 0 aliphatic rings. The average Bonchev–Trinajstić information content (AvgIpc) is 2.74. The third-order valence-corrected chi connectivity index (χ3v) is 3.73. The van der Waals surface area contributed by atoms with Crippen LogP contribution in [0.25, 0.3) is 0 Å². The molecule has 122 valence electrons. The number of esters is 1. The molecule has 2 aromatic rings. The molecule has 23 heavy (non-hydrogen) atoms. The van der Waals surface area contributed by atoms with E-state index in [0.717, 1.165) is 22.5 Å². The molecule has 1 aromatic carbocycles. The van der Waals surface area contributed by atoms with Crippen LogP contribution in [-0.2, 0) is 27.8 Å². The molecule has 0 aliphatic carbocycles. The lowest BCUT2D eigenvalue weighted by Crippen LogP contribution is -2.22. The molecule has 1 aromatic heterocycles. The summed E-state index contributed by atoms with van der Waals surface area (Å²) in [6, 6.07) is 7.59. The van der Waals surface area contributed by atoms with Crippen molar-refractivity contribution in [2.45, 2.75) is 27.2 Å². The van der Waals surface area contributed by atoms with Crippen molar-refractivity contribution >= 4 is 17.6 Å². The van der Waals surface area contributed by atoms with Crippen LogP contribution in [-0.4, -0.2) is 28.3 Å². The Balaban J connectivity index is 1.87. The summed E-state index contributed by atoms with van der Waals surface area (Å²) in [4.78, 5) is 23.8. The molecule has 1 heterocycles. The topological polar surface area (TPSA) is 73.2 Å². The second-order valence-corrected chi connectivity index (χ2v) is 5.48. The number of aryl methyl sites for hydroxylation is 3. The molecular weight excluding hydrogens is 294 g/mol. The van der Waals surface area contributed by atoms with Gasteiger partial charge in [0, 0.05) is 7.05 Å². The summed E-state index contributed by atoms with van der Waals surface area (Å²) >= 11 is 0. The fraction of sp³-hybridized carbons (Fsp3) is 0.353. The van der Waals surface area contributed by atoms with Crippen LogP contribution < -0.4 is 5.32 Å². The summed E-state index contributed by atoms with van der Waals surface area (Å²) in [5, 5.41) is 6.95.